The van der Waals surface area contributed by atoms with Crippen LogP contribution in [0.25, 0.3) is 0 Å². The van der Waals surface area contributed by atoms with Crippen LogP contribution in [0.3, 0.4) is 0 Å². The number of nitrogens with zero attached hydrogens (tertiary/aromatic N) is 2. The first-order chi connectivity index (χ1) is 11.4. The number of benzene rings is 1. The number of amides is 3. The minimum atomic E-state index is -1.17. The zero-order chi connectivity index (χ0) is 17.4. The number of hydrogen-bond donors (Lipinski definition) is 3. The van der Waals surface area contributed by atoms with Gasteiger partial charge in [-0.1, -0.05) is 12.1 Å². The van der Waals surface area contributed by atoms with E-state index in [1.807, 2.05) is 13.0 Å². The van der Waals surface area contributed by atoms with Gasteiger partial charge < -0.3 is 10.4 Å². The van der Waals surface area contributed by atoms with E-state index in [4.69, 9.17) is 10.9 Å². The fourth-order valence-electron chi connectivity index (χ4n) is 2.68. The summed E-state index contributed by atoms with van der Waals surface area (Å²) in [7, 11) is 0. The number of hydrazine groups is 1. The van der Waals surface area contributed by atoms with Crippen LogP contribution in [-0.2, 0) is 9.59 Å². The fourth-order valence-corrected chi connectivity index (χ4v) is 3.93. The number of urea groups is 1. The summed E-state index contributed by atoms with van der Waals surface area (Å²) < 4.78 is 0. The van der Waals surface area contributed by atoms with Crippen LogP contribution in [-0.4, -0.2) is 50.1 Å². The monoisotopic (exact) mass is 348 g/mol. The van der Waals surface area contributed by atoms with Crippen LogP contribution in [0.5, 0.6) is 0 Å². The van der Waals surface area contributed by atoms with Crippen LogP contribution in [0.4, 0.5) is 10.5 Å². The lowest BCUT2D eigenvalue weighted by Gasteiger charge is -2.50. The molecule has 2 aliphatic heterocycles. The Morgan fingerprint density at radius 2 is 2.21 bits per heavy atom. The molecule has 0 spiro atoms. The second kappa shape index (κ2) is 6.17. The van der Waals surface area contributed by atoms with E-state index in [1.54, 1.807) is 18.2 Å². The molecule has 1 unspecified atom stereocenters. The van der Waals surface area contributed by atoms with Crippen molar-refractivity contribution in [3.05, 3.63) is 41.6 Å². The van der Waals surface area contributed by atoms with Crippen LogP contribution in [0.1, 0.15) is 5.56 Å². The highest BCUT2D eigenvalue weighted by molar-refractivity contribution is 8.00. The van der Waals surface area contributed by atoms with Crippen molar-refractivity contribution in [1.29, 1.82) is 0 Å². The Kier molecular flexibility index (Phi) is 4.20. The smallest absolute Gasteiger partial charge is 0.352 e. The van der Waals surface area contributed by atoms with E-state index < -0.39 is 29.3 Å². The summed E-state index contributed by atoms with van der Waals surface area (Å²) >= 11 is 1.36. The summed E-state index contributed by atoms with van der Waals surface area (Å²) in [6.45, 7) is 1.89. The molecule has 24 heavy (non-hydrogen) atoms. The van der Waals surface area contributed by atoms with E-state index in [2.05, 4.69) is 5.32 Å². The van der Waals surface area contributed by atoms with Crippen LogP contribution in [0.15, 0.2) is 36.0 Å². The van der Waals surface area contributed by atoms with E-state index >= 15 is 0 Å². The highest BCUT2D eigenvalue weighted by Crippen LogP contribution is 2.39. The van der Waals surface area contributed by atoms with Gasteiger partial charge in [0.25, 0.3) is 5.91 Å². The molecule has 2 aliphatic rings. The molecule has 0 radical (unpaired) electrons. The van der Waals surface area contributed by atoms with Crippen molar-refractivity contribution in [3.8, 4) is 0 Å². The SMILES string of the molecule is Cc1cccc(NC(=O)N(N)C2C(=O)N3C(C(=O)O)=CCS[C@@H]23)c1. The number of carboxylic acids is 1. The minimum absolute atomic E-state index is 0.0625. The molecule has 0 bridgehead atoms. The summed E-state index contributed by atoms with van der Waals surface area (Å²) in [4.78, 5) is 36.9. The van der Waals surface area contributed by atoms with E-state index in [1.165, 1.54) is 22.7 Å². The molecule has 3 rings (SSSR count). The number of aryl methyl sites for hydroxylation is 1. The summed E-state index contributed by atoms with van der Waals surface area (Å²) in [5.41, 5.74) is 1.48. The maximum atomic E-state index is 12.3. The number of thioether (sulfide) groups is 1. The van der Waals surface area contributed by atoms with Gasteiger partial charge in [-0.25, -0.2) is 20.4 Å². The molecule has 1 fully saturated rings. The van der Waals surface area contributed by atoms with Gasteiger partial charge in [0.1, 0.15) is 11.1 Å². The Hall–Kier alpha value is -2.52. The number of anilines is 1. The molecule has 0 aliphatic carbocycles. The molecule has 8 nitrogen and oxygen atoms in total. The van der Waals surface area contributed by atoms with Crippen LogP contribution >= 0.6 is 11.8 Å². The van der Waals surface area contributed by atoms with E-state index in [-0.39, 0.29) is 5.70 Å². The number of nitrogens with one attached hydrogen (secondary N) is 1. The Bertz CT molecular complexity index is 751. The van der Waals surface area contributed by atoms with Gasteiger partial charge in [0.2, 0.25) is 0 Å². The fraction of sp³-hybridized carbons (Fsp3) is 0.267. The number of carbonyl (C=O) groups excluding carboxylic acids is 2. The number of fused-ring (bicyclic) bond motifs is 1. The Morgan fingerprint density at radius 1 is 1.46 bits per heavy atom. The van der Waals surface area contributed by atoms with Crippen molar-refractivity contribution in [2.45, 2.75) is 18.3 Å². The second-order valence-electron chi connectivity index (χ2n) is 5.48. The summed E-state index contributed by atoms with van der Waals surface area (Å²) in [6.07, 6.45) is 1.48. The van der Waals surface area contributed by atoms with Crippen molar-refractivity contribution in [1.82, 2.24) is 9.91 Å². The lowest BCUT2D eigenvalue weighted by molar-refractivity contribution is -0.152. The van der Waals surface area contributed by atoms with E-state index in [9.17, 15) is 14.4 Å². The Labute approximate surface area is 142 Å². The first-order valence-corrected chi connectivity index (χ1v) is 8.24. The molecule has 1 aromatic rings. The lowest BCUT2D eigenvalue weighted by Crippen LogP contribution is -2.72. The van der Waals surface area contributed by atoms with Gasteiger partial charge in [-0.05, 0) is 30.7 Å². The molecule has 3 amide bonds. The molecule has 1 saturated heterocycles. The first kappa shape index (κ1) is 16.3. The molecule has 9 heteroatoms. The van der Waals surface area contributed by atoms with Gasteiger partial charge in [0.05, 0.1) is 0 Å². The third-order valence-corrected chi connectivity index (χ3v) is 5.01. The van der Waals surface area contributed by atoms with E-state index in [0.29, 0.717) is 11.4 Å². The zero-order valence-electron chi connectivity index (χ0n) is 12.8. The molecule has 1 aromatic carbocycles. The van der Waals surface area contributed by atoms with Crippen molar-refractivity contribution in [2.75, 3.05) is 11.1 Å². The topological polar surface area (TPSA) is 116 Å². The lowest BCUT2D eigenvalue weighted by atomic mass is 10.0. The average Bonchev–Trinajstić information content (AvgIpc) is 2.53. The zero-order valence-corrected chi connectivity index (χ0v) is 13.6. The average molecular weight is 348 g/mol. The summed E-state index contributed by atoms with van der Waals surface area (Å²) in [5, 5.41) is 12.1. The van der Waals surface area contributed by atoms with Crippen LogP contribution in [0, 0.1) is 6.92 Å². The third kappa shape index (κ3) is 2.72. The predicted octanol–water partition coefficient (Wildman–Crippen LogP) is 0.955. The molecule has 4 N–H and O–H groups in total. The molecular weight excluding hydrogens is 332 g/mol. The van der Waals surface area contributed by atoms with Crippen molar-refractivity contribution in [3.63, 3.8) is 0 Å². The number of aliphatic carboxylic acids is 1. The maximum Gasteiger partial charge on any atom is 0.352 e. The van der Waals surface area contributed by atoms with Gasteiger partial charge in [0, 0.05) is 11.4 Å². The van der Waals surface area contributed by atoms with Gasteiger partial charge in [-0.2, -0.15) is 0 Å². The van der Waals surface area contributed by atoms with Crippen molar-refractivity contribution < 1.29 is 19.5 Å². The van der Waals surface area contributed by atoms with Gasteiger partial charge in [-0.15, -0.1) is 11.8 Å². The predicted molar refractivity (Wildman–Crippen MR) is 88.8 cm³/mol. The number of β-lactam (4-membered cyclic amide) rings is 1. The Morgan fingerprint density at radius 3 is 2.88 bits per heavy atom. The normalized spacial score (nSPS) is 22.2. The van der Waals surface area contributed by atoms with Crippen molar-refractivity contribution >= 4 is 35.4 Å². The second-order valence-corrected chi connectivity index (χ2v) is 6.63. The quantitative estimate of drug-likeness (QED) is 0.324. The third-order valence-electron chi connectivity index (χ3n) is 3.84. The number of nitrogens with two attached hydrogens (primary N) is 1. The van der Waals surface area contributed by atoms with Gasteiger partial charge >= 0.3 is 12.0 Å². The molecular formula is C15H16N4O4S. The minimum Gasteiger partial charge on any atom is -0.477 e. The standard InChI is InChI=1S/C15H16N4O4S/c1-8-3-2-4-9(7-8)17-15(23)19(16)11-12(20)18-10(14(21)22)5-6-24-13(11)18/h2-5,7,11,13H,6,16H2,1H3,(H,17,23)(H,21,22)/t11?,13-/m0/s1. The largest absolute Gasteiger partial charge is 0.477 e. The van der Waals surface area contributed by atoms with Crippen LogP contribution in [0.2, 0.25) is 0 Å². The van der Waals surface area contributed by atoms with Crippen LogP contribution < -0.4 is 11.2 Å². The molecule has 0 saturated carbocycles. The highest BCUT2D eigenvalue weighted by atomic mass is 32.2. The van der Waals surface area contributed by atoms with E-state index in [0.717, 1.165) is 10.6 Å². The number of carboxylic acid groups (broad SMARTS) is 1. The van der Waals surface area contributed by atoms with Gasteiger partial charge in [-0.3, -0.25) is 9.69 Å². The molecule has 126 valence electrons. The number of hydrogen-bond acceptors (Lipinski definition) is 5. The molecule has 2 atom stereocenters. The van der Waals surface area contributed by atoms with Crippen molar-refractivity contribution in [2.24, 2.45) is 5.84 Å². The Balaban J connectivity index is 1.71. The highest BCUT2D eigenvalue weighted by Gasteiger charge is 2.55. The number of rotatable bonds is 3. The first-order valence-electron chi connectivity index (χ1n) is 7.20. The molecule has 0 aromatic heterocycles. The van der Waals surface area contributed by atoms with Gasteiger partial charge in [0.15, 0.2) is 6.04 Å². The summed E-state index contributed by atoms with van der Waals surface area (Å²) in [6, 6.07) is 5.67. The summed E-state index contributed by atoms with van der Waals surface area (Å²) in [5.74, 6) is 4.60. The number of carbonyl (C=O) groups is 3. The molecule has 2 heterocycles. The maximum absolute atomic E-state index is 12.3.